The van der Waals surface area contributed by atoms with E-state index in [9.17, 15) is 4.79 Å². The summed E-state index contributed by atoms with van der Waals surface area (Å²) in [5.74, 6) is 0.261. The van der Waals surface area contributed by atoms with Gasteiger partial charge in [0, 0.05) is 45.0 Å². The van der Waals surface area contributed by atoms with Crippen molar-refractivity contribution < 1.29 is 4.79 Å². The second kappa shape index (κ2) is 6.48. The average Bonchev–Trinajstić information content (AvgIpc) is 3.03. The predicted octanol–water partition coefficient (Wildman–Crippen LogP) is 1.60. The van der Waals surface area contributed by atoms with E-state index in [1.54, 1.807) is 0 Å². The smallest absolute Gasteiger partial charge is 0.227 e. The van der Waals surface area contributed by atoms with Gasteiger partial charge in [0.15, 0.2) is 0 Å². The molecule has 2 fully saturated rings. The van der Waals surface area contributed by atoms with E-state index in [-0.39, 0.29) is 5.91 Å². The van der Waals surface area contributed by atoms with Crippen molar-refractivity contribution in [3.8, 4) is 0 Å². The summed E-state index contributed by atoms with van der Waals surface area (Å²) in [7, 11) is 2.11. The molecule has 0 N–H and O–H groups in total. The van der Waals surface area contributed by atoms with Crippen molar-refractivity contribution in [2.75, 3.05) is 51.2 Å². The number of benzene rings is 1. The van der Waals surface area contributed by atoms with Crippen LogP contribution in [0.5, 0.6) is 0 Å². The molecule has 0 unspecified atom stereocenters. The van der Waals surface area contributed by atoms with Crippen molar-refractivity contribution in [1.29, 1.82) is 0 Å². The van der Waals surface area contributed by atoms with Crippen LogP contribution >= 0.6 is 0 Å². The molecule has 2 aliphatic rings. The van der Waals surface area contributed by atoms with Crippen LogP contribution in [-0.4, -0.2) is 62.0 Å². The molecule has 4 nitrogen and oxygen atoms in total. The lowest BCUT2D eigenvalue weighted by atomic mass is 10.1. The number of rotatable bonds is 3. The second-order valence-electron chi connectivity index (χ2n) is 6.22. The molecule has 1 amide bonds. The molecule has 4 heteroatoms. The quantitative estimate of drug-likeness (QED) is 0.845. The lowest BCUT2D eigenvalue weighted by Crippen LogP contribution is -2.47. The summed E-state index contributed by atoms with van der Waals surface area (Å²) in [6, 6.07) is 8.55. The Morgan fingerprint density at radius 1 is 0.952 bits per heavy atom. The third-order valence-corrected chi connectivity index (χ3v) is 4.62. The number of amides is 1. The van der Waals surface area contributed by atoms with Crippen molar-refractivity contribution in [3.05, 3.63) is 29.8 Å². The van der Waals surface area contributed by atoms with Crippen LogP contribution in [0, 0.1) is 0 Å². The van der Waals surface area contributed by atoms with Crippen molar-refractivity contribution in [1.82, 2.24) is 9.80 Å². The highest BCUT2D eigenvalue weighted by Gasteiger charge is 2.19. The number of hydrogen-bond acceptors (Lipinski definition) is 3. The van der Waals surface area contributed by atoms with Gasteiger partial charge in [0.1, 0.15) is 0 Å². The Morgan fingerprint density at radius 2 is 1.57 bits per heavy atom. The minimum atomic E-state index is 0.261. The first-order chi connectivity index (χ1) is 10.2. The molecule has 1 aromatic carbocycles. The van der Waals surface area contributed by atoms with Gasteiger partial charge in [-0.2, -0.15) is 0 Å². The van der Waals surface area contributed by atoms with Crippen molar-refractivity contribution in [2.24, 2.45) is 0 Å². The zero-order valence-corrected chi connectivity index (χ0v) is 12.9. The van der Waals surface area contributed by atoms with Gasteiger partial charge in [-0.05, 0) is 37.6 Å². The molecule has 0 aliphatic carbocycles. The molecule has 0 saturated carbocycles. The van der Waals surface area contributed by atoms with Crippen LogP contribution in [0.1, 0.15) is 18.4 Å². The molecule has 1 aromatic rings. The van der Waals surface area contributed by atoms with Crippen molar-refractivity contribution >= 4 is 11.6 Å². The van der Waals surface area contributed by atoms with E-state index in [1.807, 2.05) is 4.90 Å². The van der Waals surface area contributed by atoms with Gasteiger partial charge < -0.3 is 14.7 Å². The highest BCUT2D eigenvalue weighted by molar-refractivity contribution is 5.79. The lowest BCUT2D eigenvalue weighted by molar-refractivity contribution is -0.132. The van der Waals surface area contributed by atoms with Crippen molar-refractivity contribution in [2.45, 2.75) is 19.3 Å². The van der Waals surface area contributed by atoms with Gasteiger partial charge in [-0.3, -0.25) is 4.79 Å². The Bertz CT molecular complexity index is 471. The van der Waals surface area contributed by atoms with E-state index < -0.39 is 0 Å². The number of carbonyl (C=O) groups is 1. The third-order valence-electron chi connectivity index (χ3n) is 4.62. The molecule has 0 spiro atoms. The Kier molecular flexibility index (Phi) is 4.44. The fourth-order valence-electron chi connectivity index (χ4n) is 3.14. The normalized spacial score (nSPS) is 20.0. The zero-order valence-electron chi connectivity index (χ0n) is 12.9. The zero-order chi connectivity index (χ0) is 14.7. The summed E-state index contributed by atoms with van der Waals surface area (Å²) < 4.78 is 0. The highest BCUT2D eigenvalue weighted by Crippen LogP contribution is 2.20. The molecule has 3 rings (SSSR count). The molecule has 0 radical (unpaired) electrons. The first kappa shape index (κ1) is 14.4. The molecule has 0 aromatic heterocycles. The summed E-state index contributed by atoms with van der Waals surface area (Å²) in [6.45, 7) is 6.03. The predicted molar refractivity (Wildman–Crippen MR) is 85.7 cm³/mol. The maximum Gasteiger partial charge on any atom is 0.227 e. The molecule has 2 saturated heterocycles. The van der Waals surface area contributed by atoms with Crippen LogP contribution in [0.2, 0.25) is 0 Å². The molecule has 0 bridgehead atoms. The van der Waals surface area contributed by atoms with Gasteiger partial charge in [-0.15, -0.1) is 0 Å². The Morgan fingerprint density at radius 3 is 2.19 bits per heavy atom. The van der Waals surface area contributed by atoms with Gasteiger partial charge in [0.25, 0.3) is 0 Å². The lowest BCUT2D eigenvalue weighted by Gasteiger charge is -2.32. The molecule has 21 heavy (non-hydrogen) atoms. The maximum absolute atomic E-state index is 12.3. The molecule has 2 heterocycles. The van der Waals surface area contributed by atoms with Crippen LogP contribution in [-0.2, 0) is 11.2 Å². The van der Waals surface area contributed by atoms with E-state index in [1.165, 1.54) is 31.6 Å². The van der Waals surface area contributed by atoms with Gasteiger partial charge in [-0.1, -0.05) is 12.1 Å². The molecule has 114 valence electrons. The van der Waals surface area contributed by atoms with Gasteiger partial charge in [0.2, 0.25) is 5.91 Å². The molecular formula is C17H25N3O. The van der Waals surface area contributed by atoms with E-state index in [0.717, 1.165) is 31.7 Å². The number of hydrogen-bond donors (Lipinski definition) is 0. The van der Waals surface area contributed by atoms with Gasteiger partial charge >= 0.3 is 0 Å². The minimum Gasteiger partial charge on any atom is -0.372 e. The largest absolute Gasteiger partial charge is 0.372 e. The van der Waals surface area contributed by atoms with E-state index >= 15 is 0 Å². The summed E-state index contributed by atoms with van der Waals surface area (Å²) in [6.07, 6.45) is 3.12. The second-order valence-corrected chi connectivity index (χ2v) is 6.22. The molecule has 0 atom stereocenters. The Hall–Kier alpha value is -1.55. The van der Waals surface area contributed by atoms with E-state index in [0.29, 0.717) is 6.42 Å². The topological polar surface area (TPSA) is 26.8 Å². The van der Waals surface area contributed by atoms with Crippen LogP contribution in [0.15, 0.2) is 24.3 Å². The van der Waals surface area contributed by atoms with Crippen LogP contribution in [0.3, 0.4) is 0 Å². The third kappa shape index (κ3) is 3.56. The summed E-state index contributed by atoms with van der Waals surface area (Å²) in [5, 5.41) is 0. The van der Waals surface area contributed by atoms with E-state index in [4.69, 9.17) is 0 Å². The van der Waals surface area contributed by atoms with Crippen LogP contribution in [0.25, 0.3) is 0 Å². The van der Waals surface area contributed by atoms with E-state index in [2.05, 4.69) is 41.1 Å². The fourth-order valence-corrected chi connectivity index (χ4v) is 3.14. The maximum atomic E-state index is 12.3. The van der Waals surface area contributed by atoms with Crippen LogP contribution < -0.4 is 4.90 Å². The number of anilines is 1. The summed E-state index contributed by atoms with van der Waals surface area (Å²) in [4.78, 5) is 19.0. The average molecular weight is 287 g/mol. The molecular weight excluding hydrogens is 262 g/mol. The summed E-state index contributed by atoms with van der Waals surface area (Å²) >= 11 is 0. The number of nitrogens with zero attached hydrogens (tertiary/aromatic N) is 3. The summed E-state index contributed by atoms with van der Waals surface area (Å²) in [5.41, 5.74) is 2.42. The minimum absolute atomic E-state index is 0.261. The first-order valence-corrected chi connectivity index (χ1v) is 8.02. The van der Waals surface area contributed by atoms with Gasteiger partial charge in [-0.25, -0.2) is 0 Å². The monoisotopic (exact) mass is 287 g/mol. The van der Waals surface area contributed by atoms with Gasteiger partial charge in [0.05, 0.1) is 6.42 Å². The Labute approximate surface area is 127 Å². The highest BCUT2D eigenvalue weighted by atomic mass is 16.2. The number of piperazine rings is 1. The number of carbonyl (C=O) groups excluding carboxylic acids is 1. The fraction of sp³-hybridized carbons (Fsp3) is 0.588. The van der Waals surface area contributed by atoms with Crippen molar-refractivity contribution in [3.63, 3.8) is 0 Å². The number of likely N-dealkylation sites (N-methyl/N-ethyl adjacent to an activating group) is 1. The molecule has 2 aliphatic heterocycles. The standard InChI is InChI=1S/C17H25N3O/c1-18-10-12-20(13-11-18)17(21)14-15-4-6-16(7-5-15)19-8-2-3-9-19/h4-7H,2-3,8-14H2,1H3. The Balaban J connectivity index is 1.56. The SMILES string of the molecule is CN1CCN(C(=O)Cc2ccc(N3CCCC3)cc2)CC1. The first-order valence-electron chi connectivity index (χ1n) is 8.02. The van der Waals surface area contributed by atoms with Crippen LogP contribution in [0.4, 0.5) is 5.69 Å².